The molecule has 0 radical (unpaired) electrons. The average molecular weight is 411 g/mol. The molecular formula is C19H42O7Si. The molecule has 7 nitrogen and oxygen atoms in total. The van der Waals surface area contributed by atoms with Crippen molar-refractivity contribution in [3.8, 4) is 0 Å². The minimum Gasteiger partial charge on any atom is -0.373 e. The van der Waals surface area contributed by atoms with Crippen LogP contribution >= 0.6 is 0 Å². The van der Waals surface area contributed by atoms with Crippen LogP contribution in [0.3, 0.4) is 0 Å². The van der Waals surface area contributed by atoms with Crippen molar-refractivity contribution in [3.63, 3.8) is 0 Å². The maximum atomic E-state index is 6.34. The molecule has 27 heavy (non-hydrogen) atoms. The first-order chi connectivity index (χ1) is 12.9. The smallest absolute Gasteiger partial charge is 0.373 e. The molecule has 0 aromatic rings. The van der Waals surface area contributed by atoms with Crippen molar-refractivity contribution in [1.29, 1.82) is 0 Å². The topological polar surface area (TPSA) is 64.6 Å². The van der Waals surface area contributed by atoms with E-state index in [0.29, 0.717) is 33.0 Å². The fourth-order valence-electron chi connectivity index (χ4n) is 2.65. The zero-order chi connectivity index (χ0) is 20.8. The summed E-state index contributed by atoms with van der Waals surface area (Å²) in [6.45, 7) is 16.0. The van der Waals surface area contributed by atoms with Gasteiger partial charge >= 0.3 is 8.80 Å². The van der Waals surface area contributed by atoms with Crippen LogP contribution in [0.15, 0.2) is 0 Å². The lowest BCUT2D eigenvalue weighted by Gasteiger charge is -2.47. The monoisotopic (exact) mass is 410 g/mol. The van der Waals surface area contributed by atoms with E-state index in [1.165, 1.54) is 0 Å². The zero-order valence-corrected chi connectivity index (χ0v) is 19.7. The highest BCUT2D eigenvalue weighted by Gasteiger charge is 2.68. The maximum absolute atomic E-state index is 6.34. The van der Waals surface area contributed by atoms with E-state index in [1.54, 1.807) is 7.11 Å². The molecule has 0 aromatic heterocycles. The first kappa shape index (κ1) is 26.9. The standard InChI is InChI=1S/C19H42O7Si/c1-9-14-21-17(6)19(22-15-10-2,23-16-11-3)27(24-12-4,25-13-5)26-18(7)20-8/h17-18H,9-16H2,1-8H3. The summed E-state index contributed by atoms with van der Waals surface area (Å²) in [6, 6.07) is 0. The quantitative estimate of drug-likeness (QED) is 0.251. The molecule has 8 heteroatoms. The first-order valence-corrected chi connectivity index (χ1v) is 12.0. The van der Waals surface area contributed by atoms with Gasteiger partial charge in [-0.05, 0) is 47.0 Å². The highest BCUT2D eigenvalue weighted by atomic mass is 28.4. The average Bonchev–Trinajstić information content (AvgIpc) is 2.66. The van der Waals surface area contributed by atoms with E-state index in [0.717, 1.165) is 19.3 Å². The van der Waals surface area contributed by atoms with E-state index in [-0.39, 0.29) is 0 Å². The molecule has 0 amide bonds. The Labute approximate surface area is 167 Å². The summed E-state index contributed by atoms with van der Waals surface area (Å²) in [6.07, 6.45) is 1.54. The van der Waals surface area contributed by atoms with Crippen molar-refractivity contribution >= 4 is 8.80 Å². The fraction of sp³-hybridized carbons (Fsp3) is 1.00. The molecule has 0 aliphatic carbocycles. The molecule has 0 aromatic carbocycles. The molecule has 0 spiro atoms. The Morgan fingerprint density at radius 3 is 1.63 bits per heavy atom. The summed E-state index contributed by atoms with van der Waals surface area (Å²) in [4.78, 5) is 0. The van der Waals surface area contributed by atoms with E-state index in [1.807, 2.05) is 41.5 Å². The van der Waals surface area contributed by atoms with Crippen LogP contribution in [0.5, 0.6) is 0 Å². The van der Waals surface area contributed by atoms with Crippen LogP contribution in [0.1, 0.15) is 67.7 Å². The summed E-state index contributed by atoms with van der Waals surface area (Å²) in [7, 11) is -1.96. The van der Waals surface area contributed by atoms with Crippen LogP contribution in [-0.2, 0) is 32.2 Å². The van der Waals surface area contributed by atoms with Crippen molar-refractivity contribution in [2.45, 2.75) is 85.5 Å². The Morgan fingerprint density at radius 2 is 1.26 bits per heavy atom. The van der Waals surface area contributed by atoms with Gasteiger partial charge in [0.1, 0.15) is 12.4 Å². The molecular weight excluding hydrogens is 368 g/mol. The van der Waals surface area contributed by atoms with Crippen molar-refractivity contribution < 1.29 is 32.2 Å². The summed E-state index contributed by atoms with van der Waals surface area (Å²) in [5.74, 6) is 0. The van der Waals surface area contributed by atoms with E-state index >= 15 is 0 Å². The lowest BCUT2D eigenvalue weighted by molar-refractivity contribution is -0.279. The van der Waals surface area contributed by atoms with Crippen molar-refractivity contribution in [1.82, 2.24) is 0 Å². The van der Waals surface area contributed by atoms with E-state index < -0.39 is 26.6 Å². The van der Waals surface area contributed by atoms with Crippen LogP contribution in [0.25, 0.3) is 0 Å². The van der Waals surface area contributed by atoms with Crippen LogP contribution in [0.4, 0.5) is 0 Å². The molecule has 0 aliphatic rings. The van der Waals surface area contributed by atoms with Crippen molar-refractivity contribution in [3.05, 3.63) is 0 Å². The third kappa shape index (κ3) is 7.70. The Bertz CT molecular complexity index is 343. The molecule has 0 heterocycles. The Morgan fingerprint density at radius 1 is 0.778 bits per heavy atom. The molecule has 0 saturated heterocycles. The summed E-state index contributed by atoms with van der Waals surface area (Å²) < 4.78 is 42.8. The molecule has 164 valence electrons. The van der Waals surface area contributed by atoms with Gasteiger partial charge in [0.05, 0.1) is 0 Å². The van der Waals surface area contributed by atoms with E-state index in [4.69, 9.17) is 32.2 Å². The van der Waals surface area contributed by atoms with E-state index in [2.05, 4.69) is 6.92 Å². The predicted molar refractivity (Wildman–Crippen MR) is 107 cm³/mol. The second-order valence-electron chi connectivity index (χ2n) is 6.22. The Hall–Kier alpha value is -0.0631. The minimum atomic E-state index is -3.54. The second-order valence-corrected chi connectivity index (χ2v) is 8.84. The summed E-state index contributed by atoms with van der Waals surface area (Å²) in [5, 5.41) is 0. The molecule has 0 aliphatic heterocycles. The number of rotatable bonds is 18. The number of hydrogen-bond acceptors (Lipinski definition) is 7. The van der Waals surface area contributed by atoms with Gasteiger partial charge in [-0.2, -0.15) is 0 Å². The molecule has 0 fully saturated rings. The van der Waals surface area contributed by atoms with Crippen LogP contribution < -0.4 is 0 Å². The highest BCUT2D eigenvalue weighted by molar-refractivity contribution is 6.63. The Balaban J connectivity index is 6.27. The van der Waals surface area contributed by atoms with Crippen molar-refractivity contribution in [2.24, 2.45) is 0 Å². The van der Waals surface area contributed by atoms with E-state index in [9.17, 15) is 0 Å². The molecule has 0 bridgehead atoms. The third-order valence-electron chi connectivity index (χ3n) is 3.90. The van der Waals surface area contributed by atoms with Gasteiger partial charge < -0.3 is 32.2 Å². The summed E-state index contributed by atoms with van der Waals surface area (Å²) in [5.41, 5.74) is -1.27. The van der Waals surface area contributed by atoms with Gasteiger partial charge in [0.15, 0.2) is 0 Å². The van der Waals surface area contributed by atoms with Gasteiger partial charge in [-0.3, -0.25) is 0 Å². The van der Waals surface area contributed by atoms with Gasteiger partial charge in [0.25, 0.3) is 5.41 Å². The first-order valence-electron chi connectivity index (χ1n) is 10.3. The lowest BCUT2D eigenvalue weighted by Crippen LogP contribution is -2.73. The summed E-state index contributed by atoms with van der Waals surface area (Å²) >= 11 is 0. The maximum Gasteiger partial charge on any atom is 0.568 e. The molecule has 2 atom stereocenters. The van der Waals surface area contributed by atoms with Crippen LogP contribution in [0, 0.1) is 0 Å². The third-order valence-corrected chi connectivity index (χ3v) is 7.43. The van der Waals surface area contributed by atoms with Crippen LogP contribution in [0.2, 0.25) is 0 Å². The highest BCUT2D eigenvalue weighted by Crippen LogP contribution is 2.36. The lowest BCUT2D eigenvalue weighted by atomic mass is 10.3. The normalized spacial score (nSPS) is 15.1. The number of methoxy groups -OCH3 is 1. The van der Waals surface area contributed by atoms with Crippen LogP contribution in [-0.4, -0.2) is 66.8 Å². The minimum absolute atomic E-state index is 0.399. The number of hydrogen-bond donors (Lipinski definition) is 0. The largest absolute Gasteiger partial charge is 0.568 e. The van der Waals surface area contributed by atoms with Gasteiger partial charge in [0.2, 0.25) is 0 Å². The zero-order valence-electron chi connectivity index (χ0n) is 18.7. The fourth-order valence-corrected chi connectivity index (χ4v) is 5.87. The number of ether oxygens (including phenoxy) is 4. The van der Waals surface area contributed by atoms with Gasteiger partial charge in [-0.25, -0.2) is 0 Å². The van der Waals surface area contributed by atoms with Crippen molar-refractivity contribution in [2.75, 3.05) is 40.1 Å². The SMILES string of the molecule is CCCOC(C)C(OCCC)(OCCC)[Si](OCC)(OCC)OC(C)OC. The molecule has 2 unspecified atom stereocenters. The Kier molecular flexibility index (Phi) is 14.8. The molecule has 0 saturated carbocycles. The van der Waals surface area contributed by atoms with Gasteiger partial charge in [-0.1, -0.05) is 20.8 Å². The molecule has 0 rings (SSSR count). The molecule has 0 N–H and O–H groups in total. The van der Waals surface area contributed by atoms with Gasteiger partial charge in [-0.15, -0.1) is 0 Å². The second kappa shape index (κ2) is 14.9. The predicted octanol–water partition coefficient (Wildman–Crippen LogP) is 3.91. The van der Waals surface area contributed by atoms with Gasteiger partial charge in [0, 0.05) is 40.1 Å².